The molecule has 0 unspecified atom stereocenters. The Morgan fingerprint density at radius 2 is 0.722 bits per heavy atom. The van der Waals surface area contributed by atoms with Crippen molar-refractivity contribution in [1.29, 1.82) is 0 Å². The van der Waals surface area contributed by atoms with Crippen LogP contribution < -0.4 is 10.6 Å². The first-order chi connectivity index (χ1) is 38.1. The molecule has 0 aliphatic heterocycles. The number of carbonyl (C=O) groups excluding carboxylic acids is 3. The maximum absolute atomic E-state index is 14.2. The highest BCUT2D eigenvalue weighted by Gasteiger charge is 2.29. The molecule has 0 saturated heterocycles. The molecule has 79 heavy (non-hydrogen) atoms. The quantitative estimate of drug-likeness (QED) is 0.0254. The summed E-state index contributed by atoms with van der Waals surface area (Å²) in [6, 6.07) is -1.88. The van der Waals surface area contributed by atoms with Crippen LogP contribution in [0.5, 0.6) is 0 Å². The van der Waals surface area contributed by atoms with Crippen LogP contribution in [-0.4, -0.2) is 112 Å². The molecule has 470 valence electrons. The molecule has 0 aromatic heterocycles. The van der Waals surface area contributed by atoms with Gasteiger partial charge in [-0.2, -0.15) is 0 Å². The summed E-state index contributed by atoms with van der Waals surface area (Å²) >= 11 is 0. The average molecular weight is 1120 g/mol. The van der Waals surface area contributed by atoms with Crippen molar-refractivity contribution < 1.29 is 44.3 Å². The summed E-state index contributed by atoms with van der Waals surface area (Å²) in [5.74, 6) is -0.881. The van der Waals surface area contributed by atoms with Gasteiger partial charge in [-0.1, -0.05) is 252 Å². The van der Waals surface area contributed by atoms with Crippen LogP contribution in [0.3, 0.4) is 0 Å². The summed E-state index contributed by atoms with van der Waals surface area (Å²) in [6.45, 7) is 15.9. The van der Waals surface area contributed by atoms with Gasteiger partial charge in [0.2, 0.25) is 5.91 Å². The maximum Gasteiger partial charge on any atom is 0.408 e. The number of carbonyl (C=O) groups is 3. The molecule has 0 aromatic carbocycles. The summed E-state index contributed by atoms with van der Waals surface area (Å²) < 4.78 is 10.8. The van der Waals surface area contributed by atoms with Crippen LogP contribution in [0, 0.1) is 5.92 Å². The van der Waals surface area contributed by atoms with Gasteiger partial charge >= 0.3 is 12.1 Å². The van der Waals surface area contributed by atoms with Gasteiger partial charge in [-0.05, 0) is 97.4 Å². The Morgan fingerprint density at radius 3 is 1.09 bits per heavy atom. The number of alkyl carbamates (subject to hydrolysis) is 1. The number of hydrogen-bond acceptors (Lipinski definition) is 10. The minimum atomic E-state index is -0.968. The normalized spacial score (nSPS) is 14.3. The van der Waals surface area contributed by atoms with Crippen molar-refractivity contribution >= 4 is 18.0 Å². The first-order valence-corrected chi connectivity index (χ1v) is 33.9. The number of methoxy groups -OCH3 is 1. The molecular formula is C67H133N3O9. The van der Waals surface area contributed by atoms with E-state index in [9.17, 15) is 34.8 Å². The summed E-state index contributed by atoms with van der Waals surface area (Å²) in [5.41, 5.74) is -0.782. The molecule has 6 atom stereocenters. The number of amides is 2. The monoisotopic (exact) mass is 1120 g/mol. The van der Waals surface area contributed by atoms with Gasteiger partial charge in [0, 0.05) is 13.1 Å². The second kappa shape index (κ2) is 54.0. The second-order valence-corrected chi connectivity index (χ2v) is 25.3. The third-order valence-electron chi connectivity index (χ3n) is 16.1. The highest BCUT2D eigenvalue weighted by Crippen LogP contribution is 2.26. The van der Waals surface area contributed by atoms with Gasteiger partial charge < -0.3 is 40.5 Å². The van der Waals surface area contributed by atoms with Crippen molar-refractivity contribution in [1.82, 2.24) is 15.5 Å². The van der Waals surface area contributed by atoms with E-state index in [1.807, 2.05) is 0 Å². The lowest BCUT2D eigenvalue weighted by Gasteiger charge is -2.28. The average Bonchev–Trinajstić information content (AvgIpc) is 3.40. The summed E-state index contributed by atoms with van der Waals surface area (Å²) in [7, 11) is 1.32. The number of esters is 1. The van der Waals surface area contributed by atoms with E-state index in [0.29, 0.717) is 64.6 Å². The topological polar surface area (TPSA) is 178 Å². The van der Waals surface area contributed by atoms with E-state index in [4.69, 9.17) is 9.47 Å². The van der Waals surface area contributed by atoms with Gasteiger partial charge in [0.05, 0.1) is 31.5 Å². The molecule has 0 aliphatic carbocycles. The molecule has 2 amide bonds. The molecule has 0 saturated carbocycles. The summed E-state index contributed by atoms with van der Waals surface area (Å²) in [4.78, 5) is 42.8. The molecule has 6 N–H and O–H groups in total. The Labute approximate surface area is 488 Å². The number of unbranched alkanes of at least 4 members (excludes halogenated alkanes) is 30. The van der Waals surface area contributed by atoms with Gasteiger partial charge in [0.25, 0.3) is 0 Å². The van der Waals surface area contributed by atoms with Crippen molar-refractivity contribution in [3.8, 4) is 0 Å². The Balaban J connectivity index is 5.80. The first kappa shape index (κ1) is 77.0. The van der Waals surface area contributed by atoms with Gasteiger partial charge in [-0.25, -0.2) is 9.59 Å². The zero-order valence-corrected chi connectivity index (χ0v) is 53.3. The molecular weight excluding hydrogens is 991 g/mol. The predicted octanol–water partition coefficient (Wildman–Crippen LogP) is 16.5. The van der Waals surface area contributed by atoms with Crippen molar-refractivity contribution in [3.05, 3.63) is 0 Å². The standard InChI is InChI=1S/C67H133N3O9/c1-9-13-17-21-25-29-33-37-46-58(71)53-57(54-59(72)47-38-34-30-26-22-18-14-10-2)45-41-42-51-63(65(76)78-8)68-64(75)62(69-66(77)79-67(5,6)7)50-43-44-52-70(55-60(73)48-39-35-31-27-23-19-15-11-3)56-61(74)49-40-36-32-28-24-20-16-12-4/h57-63,71-74H,9-56H2,1-8H3,(H,68,75)(H,69,77)/t58-,59-,60-,61-,62-,63-/m1/s1. The SMILES string of the molecule is CCCCCCCCCC[C@@H](O)CC(CCCC[C@@H](NC(=O)[C@@H](CCCCN(C[C@H](O)CCCCCCCCCC)C[C@H](O)CCCCCCCCCC)NC(=O)OC(C)(C)C)C(=O)OC)C[C@H](O)CCCCCCCCCC. The number of hydrogen-bond donors (Lipinski definition) is 6. The van der Waals surface area contributed by atoms with Crippen LogP contribution >= 0.6 is 0 Å². The number of nitrogens with one attached hydrogen (secondary N) is 2. The number of aliphatic hydroxyl groups excluding tert-OH is 4. The molecule has 0 spiro atoms. The maximum atomic E-state index is 14.2. The van der Waals surface area contributed by atoms with Gasteiger partial charge in [0.15, 0.2) is 0 Å². The molecule has 0 aromatic rings. The minimum Gasteiger partial charge on any atom is -0.467 e. The lowest BCUT2D eigenvalue weighted by molar-refractivity contribution is -0.145. The van der Waals surface area contributed by atoms with Crippen molar-refractivity contribution in [2.45, 2.75) is 380 Å². The molecule has 0 radical (unpaired) electrons. The summed E-state index contributed by atoms with van der Waals surface area (Å²) in [5, 5.41) is 50.6. The molecule has 0 fully saturated rings. The van der Waals surface area contributed by atoms with Crippen LogP contribution in [-0.2, 0) is 19.1 Å². The lowest BCUT2D eigenvalue weighted by atomic mass is 9.87. The summed E-state index contributed by atoms with van der Waals surface area (Å²) in [6.07, 6.45) is 44.8. The predicted molar refractivity (Wildman–Crippen MR) is 332 cm³/mol. The fraction of sp³-hybridized carbons (Fsp3) is 0.955. The van der Waals surface area contributed by atoms with E-state index in [1.165, 1.54) is 161 Å². The number of rotatable bonds is 58. The van der Waals surface area contributed by atoms with E-state index in [2.05, 4.69) is 43.2 Å². The third kappa shape index (κ3) is 50.3. The van der Waals surface area contributed by atoms with Gasteiger partial charge in [0.1, 0.15) is 17.7 Å². The molecule has 12 heteroatoms. The van der Waals surface area contributed by atoms with Crippen molar-refractivity contribution in [3.63, 3.8) is 0 Å². The van der Waals surface area contributed by atoms with E-state index >= 15 is 0 Å². The Morgan fingerprint density at radius 1 is 0.405 bits per heavy atom. The Bertz CT molecular complexity index is 1310. The smallest absolute Gasteiger partial charge is 0.408 e. The Kier molecular flexibility index (Phi) is 52.6. The number of aliphatic hydroxyl groups is 4. The molecule has 0 aliphatic rings. The van der Waals surface area contributed by atoms with Crippen molar-refractivity contribution in [2.24, 2.45) is 5.92 Å². The zero-order valence-electron chi connectivity index (χ0n) is 53.3. The van der Waals surface area contributed by atoms with Crippen molar-refractivity contribution in [2.75, 3.05) is 26.7 Å². The third-order valence-corrected chi connectivity index (χ3v) is 16.1. The Hall–Kier alpha value is -1.99. The van der Waals surface area contributed by atoms with E-state index in [0.717, 1.165) is 89.9 Å². The molecule has 0 rings (SSSR count). The van der Waals surface area contributed by atoms with Crippen LogP contribution in [0.1, 0.15) is 337 Å². The fourth-order valence-corrected chi connectivity index (χ4v) is 11.3. The van der Waals surface area contributed by atoms with Crippen LogP contribution in [0.25, 0.3) is 0 Å². The molecule has 0 bridgehead atoms. The van der Waals surface area contributed by atoms with Crippen LogP contribution in [0.2, 0.25) is 0 Å². The van der Waals surface area contributed by atoms with E-state index < -0.39 is 60.1 Å². The minimum absolute atomic E-state index is 0.147. The number of nitrogens with zero attached hydrogens (tertiary/aromatic N) is 1. The van der Waals surface area contributed by atoms with Crippen LogP contribution in [0.15, 0.2) is 0 Å². The van der Waals surface area contributed by atoms with Crippen LogP contribution in [0.4, 0.5) is 4.79 Å². The zero-order chi connectivity index (χ0) is 58.6. The molecule has 0 heterocycles. The van der Waals surface area contributed by atoms with E-state index in [-0.39, 0.29) is 5.92 Å². The van der Waals surface area contributed by atoms with E-state index in [1.54, 1.807) is 20.8 Å². The second-order valence-electron chi connectivity index (χ2n) is 25.3. The fourth-order valence-electron chi connectivity index (χ4n) is 11.3. The molecule has 12 nitrogen and oxygen atoms in total. The highest BCUT2D eigenvalue weighted by atomic mass is 16.6. The largest absolute Gasteiger partial charge is 0.467 e. The van der Waals surface area contributed by atoms with Gasteiger partial charge in [-0.15, -0.1) is 0 Å². The lowest BCUT2D eigenvalue weighted by Crippen LogP contribution is -2.52. The first-order valence-electron chi connectivity index (χ1n) is 33.9. The van der Waals surface area contributed by atoms with Gasteiger partial charge in [-0.3, -0.25) is 9.69 Å². The highest BCUT2D eigenvalue weighted by molar-refractivity contribution is 5.89. The number of ether oxygens (including phenoxy) is 2.